The summed E-state index contributed by atoms with van der Waals surface area (Å²) < 4.78 is 16.5. The van der Waals surface area contributed by atoms with Gasteiger partial charge < -0.3 is 19.2 Å². The van der Waals surface area contributed by atoms with Crippen LogP contribution in [-0.4, -0.2) is 30.3 Å². The molecule has 1 unspecified atom stereocenters. The molecule has 162 valence electrons. The standard InChI is InChI=1S/C24H20ClN3O4/c1-30-19-12-17(13-20(14-19)31-2)22(29)26-21(15-6-4-3-5-7-15)24-28-27-23(32-24)16-8-10-18(25)11-9-16/h3-14,21H,1-2H3,(H,26,29). The molecule has 0 aliphatic carbocycles. The van der Waals surface area contributed by atoms with E-state index in [-0.39, 0.29) is 11.8 Å². The topological polar surface area (TPSA) is 86.5 Å². The summed E-state index contributed by atoms with van der Waals surface area (Å²) in [5, 5.41) is 11.9. The molecule has 0 radical (unpaired) electrons. The summed E-state index contributed by atoms with van der Waals surface area (Å²) in [5.74, 6) is 1.25. The number of benzene rings is 3. The van der Waals surface area contributed by atoms with Crippen molar-refractivity contribution in [3.05, 3.63) is 94.8 Å². The molecule has 1 atom stereocenters. The monoisotopic (exact) mass is 449 g/mol. The van der Waals surface area contributed by atoms with Crippen LogP contribution in [0.15, 0.2) is 77.2 Å². The first-order chi connectivity index (χ1) is 15.6. The van der Waals surface area contributed by atoms with E-state index in [0.29, 0.717) is 28.0 Å². The highest BCUT2D eigenvalue weighted by Gasteiger charge is 2.24. The Kier molecular flexibility index (Phi) is 6.37. The lowest BCUT2D eigenvalue weighted by Crippen LogP contribution is -2.29. The number of hydrogen-bond donors (Lipinski definition) is 1. The fourth-order valence-electron chi connectivity index (χ4n) is 3.15. The maximum atomic E-state index is 13.1. The zero-order chi connectivity index (χ0) is 22.5. The first-order valence-electron chi connectivity index (χ1n) is 9.75. The molecular formula is C24H20ClN3O4. The summed E-state index contributed by atoms with van der Waals surface area (Å²) in [6.07, 6.45) is 0. The van der Waals surface area contributed by atoms with Gasteiger partial charge in [0.2, 0.25) is 11.8 Å². The van der Waals surface area contributed by atoms with Crippen LogP contribution in [0.3, 0.4) is 0 Å². The maximum absolute atomic E-state index is 13.1. The number of halogens is 1. The SMILES string of the molecule is COc1cc(OC)cc(C(=O)NC(c2ccccc2)c2nnc(-c3ccc(Cl)cc3)o2)c1. The second kappa shape index (κ2) is 9.53. The third-order valence-electron chi connectivity index (χ3n) is 4.80. The summed E-state index contributed by atoms with van der Waals surface area (Å²) in [6, 6.07) is 20.8. The van der Waals surface area contributed by atoms with Crippen LogP contribution in [0.25, 0.3) is 11.5 Å². The average Bonchev–Trinajstić information content (AvgIpc) is 3.33. The highest BCUT2D eigenvalue weighted by molar-refractivity contribution is 6.30. The molecule has 0 bridgehead atoms. The van der Waals surface area contributed by atoms with Gasteiger partial charge in [-0.2, -0.15) is 0 Å². The van der Waals surface area contributed by atoms with Crippen LogP contribution in [0.4, 0.5) is 0 Å². The van der Waals surface area contributed by atoms with Gasteiger partial charge in [0.1, 0.15) is 17.5 Å². The lowest BCUT2D eigenvalue weighted by Gasteiger charge is -2.16. The van der Waals surface area contributed by atoms with Gasteiger partial charge in [-0.15, -0.1) is 10.2 Å². The molecule has 1 heterocycles. The number of aromatic nitrogens is 2. The Labute approximate surface area is 190 Å². The van der Waals surface area contributed by atoms with Crippen LogP contribution in [-0.2, 0) is 0 Å². The lowest BCUT2D eigenvalue weighted by molar-refractivity contribution is 0.0937. The second-order valence-corrected chi connectivity index (χ2v) is 7.31. The zero-order valence-electron chi connectivity index (χ0n) is 17.4. The van der Waals surface area contributed by atoms with Gasteiger partial charge in [0.25, 0.3) is 5.91 Å². The lowest BCUT2D eigenvalue weighted by atomic mass is 10.1. The summed E-state index contributed by atoms with van der Waals surface area (Å²) in [7, 11) is 3.06. The van der Waals surface area contributed by atoms with Crippen LogP contribution in [0, 0.1) is 0 Å². The van der Waals surface area contributed by atoms with Gasteiger partial charge in [-0.05, 0) is 42.0 Å². The van der Waals surface area contributed by atoms with Crippen molar-refractivity contribution < 1.29 is 18.7 Å². The van der Waals surface area contributed by atoms with Crippen LogP contribution < -0.4 is 14.8 Å². The molecule has 1 amide bonds. The van der Waals surface area contributed by atoms with Crippen LogP contribution in [0.5, 0.6) is 11.5 Å². The minimum Gasteiger partial charge on any atom is -0.497 e. The van der Waals surface area contributed by atoms with Gasteiger partial charge in [0.05, 0.1) is 14.2 Å². The predicted molar refractivity (Wildman–Crippen MR) is 120 cm³/mol. The largest absolute Gasteiger partial charge is 0.497 e. The number of methoxy groups -OCH3 is 2. The van der Waals surface area contributed by atoms with Gasteiger partial charge >= 0.3 is 0 Å². The van der Waals surface area contributed by atoms with E-state index in [0.717, 1.165) is 11.1 Å². The van der Waals surface area contributed by atoms with E-state index < -0.39 is 6.04 Å². The van der Waals surface area contributed by atoms with Crippen LogP contribution >= 0.6 is 11.6 Å². The molecular weight excluding hydrogens is 430 g/mol. The van der Waals surface area contributed by atoms with Crippen molar-refractivity contribution in [2.24, 2.45) is 0 Å². The van der Waals surface area contributed by atoms with E-state index >= 15 is 0 Å². The van der Waals surface area contributed by atoms with Crippen LogP contribution in [0.1, 0.15) is 27.9 Å². The average molecular weight is 450 g/mol. The van der Waals surface area contributed by atoms with E-state index in [2.05, 4.69) is 15.5 Å². The van der Waals surface area contributed by atoms with Crippen molar-refractivity contribution >= 4 is 17.5 Å². The molecule has 7 nitrogen and oxygen atoms in total. The molecule has 32 heavy (non-hydrogen) atoms. The molecule has 0 spiro atoms. The normalized spacial score (nSPS) is 11.6. The highest BCUT2D eigenvalue weighted by Crippen LogP contribution is 2.27. The van der Waals surface area contributed by atoms with E-state index in [4.69, 9.17) is 25.5 Å². The minimum absolute atomic E-state index is 0.254. The smallest absolute Gasteiger partial charge is 0.252 e. The molecule has 0 saturated carbocycles. The molecule has 4 aromatic rings. The Balaban J connectivity index is 1.67. The second-order valence-electron chi connectivity index (χ2n) is 6.87. The fraction of sp³-hybridized carbons (Fsp3) is 0.125. The number of nitrogens with one attached hydrogen (secondary N) is 1. The van der Waals surface area contributed by atoms with Crippen LogP contribution in [0.2, 0.25) is 5.02 Å². The molecule has 0 aliphatic heterocycles. The predicted octanol–water partition coefficient (Wildman–Crippen LogP) is 4.93. The number of carbonyl (C=O) groups is 1. The number of hydrogen-bond acceptors (Lipinski definition) is 6. The Morgan fingerprint density at radius 2 is 1.59 bits per heavy atom. The third kappa shape index (κ3) is 4.73. The van der Waals surface area contributed by atoms with E-state index in [1.54, 1.807) is 42.5 Å². The van der Waals surface area contributed by atoms with Gasteiger partial charge in [-0.1, -0.05) is 41.9 Å². The Morgan fingerprint density at radius 1 is 0.938 bits per heavy atom. The molecule has 3 aromatic carbocycles. The first kappa shape index (κ1) is 21.4. The molecule has 8 heteroatoms. The summed E-state index contributed by atoms with van der Waals surface area (Å²) >= 11 is 5.96. The van der Waals surface area contributed by atoms with E-state index in [9.17, 15) is 4.79 Å². The minimum atomic E-state index is -0.658. The van der Waals surface area contributed by atoms with Gasteiger partial charge in [-0.3, -0.25) is 4.79 Å². The first-order valence-corrected chi connectivity index (χ1v) is 10.1. The van der Waals surface area contributed by atoms with Crippen molar-refractivity contribution in [3.63, 3.8) is 0 Å². The molecule has 0 fully saturated rings. The molecule has 0 saturated heterocycles. The molecule has 4 rings (SSSR count). The Morgan fingerprint density at radius 3 is 2.22 bits per heavy atom. The summed E-state index contributed by atoms with van der Waals surface area (Å²) in [5.41, 5.74) is 1.89. The summed E-state index contributed by atoms with van der Waals surface area (Å²) in [4.78, 5) is 13.1. The van der Waals surface area contributed by atoms with Gasteiger partial charge in [0.15, 0.2) is 0 Å². The van der Waals surface area contributed by atoms with Crippen molar-refractivity contribution in [2.75, 3.05) is 14.2 Å². The molecule has 0 aliphatic rings. The Bertz CT molecular complexity index is 1190. The molecule has 1 aromatic heterocycles. The number of carbonyl (C=O) groups excluding carboxylic acids is 1. The van der Waals surface area contributed by atoms with Crippen molar-refractivity contribution in [1.29, 1.82) is 0 Å². The van der Waals surface area contributed by atoms with Gasteiger partial charge in [-0.25, -0.2) is 0 Å². The molecule has 1 N–H and O–H groups in total. The number of nitrogens with zero attached hydrogens (tertiary/aromatic N) is 2. The van der Waals surface area contributed by atoms with Crippen molar-refractivity contribution in [1.82, 2.24) is 15.5 Å². The zero-order valence-corrected chi connectivity index (χ0v) is 18.2. The summed E-state index contributed by atoms with van der Waals surface area (Å²) in [6.45, 7) is 0. The van der Waals surface area contributed by atoms with Gasteiger partial charge in [0, 0.05) is 22.2 Å². The number of ether oxygens (including phenoxy) is 2. The van der Waals surface area contributed by atoms with E-state index in [1.807, 2.05) is 30.3 Å². The number of amides is 1. The maximum Gasteiger partial charge on any atom is 0.252 e. The Hall–Kier alpha value is -3.84. The fourth-order valence-corrected chi connectivity index (χ4v) is 3.27. The highest BCUT2D eigenvalue weighted by atomic mass is 35.5. The quantitative estimate of drug-likeness (QED) is 0.430. The van der Waals surface area contributed by atoms with Crippen molar-refractivity contribution in [3.8, 4) is 23.0 Å². The van der Waals surface area contributed by atoms with E-state index in [1.165, 1.54) is 14.2 Å². The number of rotatable bonds is 7. The third-order valence-corrected chi connectivity index (χ3v) is 5.05. The van der Waals surface area contributed by atoms with Crippen molar-refractivity contribution in [2.45, 2.75) is 6.04 Å².